The number of cyclic esters (lactones) is 1. The van der Waals surface area contributed by atoms with Crippen LogP contribution in [0.3, 0.4) is 0 Å². The number of ether oxygens (including phenoxy) is 2. The Labute approximate surface area is 134 Å². The molecule has 0 fully saturated rings. The van der Waals surface area contributed by atoms with Gasteiger partial charge in [0.15, 0.2) is 0 Å². The van der Waals surface area contributed by atoms with E-state index >= 15 is 0 Å². The van der Waals surface area contributed by atoms with Crippen molar-refractivity contribution in [2.45, 2.75) is 25.9 Å². The molecule has 7 heteroatoms. The third-order valence-electron chi connectivity index (χ3n) is 3.34. The maximum Gasteiger partial charge on any atom is 0.347 e. The number of hydrogen-bond acceptors (Lipinski definition) is 5. The summed E-state index contributed by atoms with van der Waals surface area (Å²) < 4.78 is 10.2. The van der Waals surface area contributed by atoms with Crippen molar-refractivity contribution in [3.8, 4) is 0 Å². The smallest absolute Gasteiger partial charge is 0.347 e. The van der Waals surface area contributed by atoms with E-state index in [1.165, 1.54) is 0 Å². The fraction of sp³-hybridized carbons (Fsp3) is 0.438. The Morgan fingerprint density at radius 3 is 2.87 bits per heavy atom. The quantitative estimate of drug-likeness (QED) is 0.603. The third-order valence-corrected chi connectivity index (χ3v) is 3.34. The molecule has 2 N–H and O–H groups in total. The summed E-state index contributed by atoms with van der Waals surface area (Å²) in [6, 6.07) is 6.78. The average Bonchev–Trinajstić information content (AvgIpc) is 2.54. The number of benzene rings is 1. The van der Waals surface area contributed by atoms with E-state index in [9.17, 15) is 14.4 Å². The van der Waals surface area contributed by atoms with E-state index in [0.29, 0.717) is 31.5 Å². The first-order valence-corrected chi connectivity index (χ1v) is 7.59. The van der Waals surface area contributed by atoms with Crippen LogP contribution in [-0.4, -0.2) is 43.8 Å². The molecule has 1 aliphatic rings. The first-order valence-electron chi connectivity index (χ1n) is 7.59. The largest absolute Gasteiger partial charge is 0.463 e. The minimum absolute atomic E-state index is 0.154. The number of nitrogens with one attached hydrogen (secondary N) is 2. The lowest BCUT2D eigenvalue weighted by Gasteiger charge is -2.23. The Hall–Kier alpha value is -2.57. The van der Waals surface area contributed by atoms with Crippen molar-refractivity contribution in [2.24, 2.45) is 0 Å². The molecule has 2 amide bonds. The van der Waals surface area contributed by atoms with Gasteiger partial charge in [-0.3, -0.25) is 0 Å². The highest BCUT2D eigenvalue weighted by Gasteiger charge is 2.31. The highest BCUT2D eigenvalue weighted by Crippen LogP contribution is 2.21. The van der Waals surface area contributed by atoms with Gasteiger partial charge in [-0.05, 0) is 25.0 Å². The second kappa shape index (κ2) is 8.17. The number of amides is 2. The van der Waals surface area contributed by atoms with Crippen molar-refractivity contribution in [1.29, 1.82) is 0 Å². The molecule has 1 aromatic rings. The van der Waals surface area contributed by atoms with Gasteiger partial charge in [0.1, 0.15) is 0 Å². The third kappa shape index (κ3) is 4.70. The van der Waals surface area contributed by atoms with Gasteiger partial charge in [-0.15, -0.1) is 0 Å². The zero-order valence-electron chi connectivity index (χ0n) is 13.0. The van der Waals surface area contributed by atoms with E-state index in [1.54, 1.807) is 18.2 Å². The van der Waals surface area contributed by atoms with Crippen LogP contribution in [0.15, 0.2) is 24.3 Å². The first-order chi connectivity index (χ1) is 11.1. The molecule has 1 aromatic carbocycles. The van der Waals surface area contributed by atoms with Gasteiger partial charge in [0.25, 0.3) is 0 Å². The number of carbonyl (C=O) groups is 3. The van der Waals surface area contributed by atoms with Crippen LogP contribution < -0.4 is 10.6 Å². The summed E-state index contributed by atoms with van der Waals surface area (Å²) >= 11 is 0. The number of carbonyl (C=O) groups excluding carboxylic acids is 3. The average molecular weight is 320 g/mol. The summed E-state index contributed by atoms with van der Waals surface area (Å²) in [5, 5.41) is 5.23. The molecule has 23 heavy (non-hydrogen) atoms. The van der Waals surface area contributed by atoms with Gasteiger partial charge in [0, 0.05) is 19.5 Å². The second-order valence-corrected chi connectivity index (χ2v) is 5.06. The van der Waals surface area contributed by atoms with Crippen LogP contribution in [0.25, 0.3) is 0 Å². The minimum atomic E-state index is -0.909. The summed E-state index contributed by atoms with van der Waals surface area (Å²) in [5.41, 5.74) is 1.27. The first kappa shape index (κ1) is 16.8. The lowest BCUT2D eigenvalue weighted by Crippen LogP contribution is -2.37. The molecule has 0 radical (unpaired) electrons. The fourth-order valence-electron chi connectivity index (χ4n) is 2.23. The molecule has 124 valence electrons. The van der Waals surface area contributed by atoms with Crippen molar-refractivity contribution < 1.29 is 23.9 Å². The zero-order chi connectivity index (χ0) is 16.7. The second-order valence-electron chi connectivity index (χ2n) is 5.06. The summed E-state index contributed by atoms with van der Waals surface area (Å²) in [5.74, 6) is -1.07. The Kier molecular flexibility index (Phi) is 5.96. The molecule has 7 nitrogen and oxygen atoms in total. The predicted molar refractivity (Wildman–Crippen MR) is 82.0 cm³/mol. The van der Waals surface area contributed by atoms with E-state index in [1.807, 2.05) is 13.0 Å². The number of urea groups is 1. The van der Waals surface area contributed by atoms with Crippen LogP contribution in [0.5, 0.6) is 0 Å². The molecule has 1 heterocycles. The van der Waals surface area contributed by atoms with E-state index < -0.39 is 18.0 Å². The van der Waals surface area contributed by atoms with Gasteiger partial charge in [-0.1, -0.05) is 18.2 Å². The summed E-state index contributed by atoms with van der Waals surface area (Å²) in [6.45, 7) is 2.92. The predicted octanol–water partition coefficient (Wildman–Crippen LogP) is 1.02. The van der Waals surface area contributed by atoms with Gasteiger partial charge in [-0.25, -0.2) is 14.4 Å². The summed E-state index contributed by atoms with van der Waals surface area (Å²) in [7, 11) is 0. The molecule has 1 aliphatic heterocycles. The number of fused-ring (bicyclic) bond motifs is 1. The molecule has 1 unspecified atom stereocenters. The molecular weight excluding hydrogens is 300 g/mol. The summed E-state index contributed by atoms with van der Waals surface area (Å²) in [4.78, 5) is 34.9. The van der Waals surface area contributed by atoms with Gasteiger partial charge in [0.05, 0.1) is 12.2 Å². The minimum Gasteiger partial charge on any atom is -0.463 e. The van der Waals surface area contributed by atoms with Gasteiger partial charge in [0.2, 0.25) is 6.10 Å². The van der Waals surface area contributed by atoms with Crippen LogP contribution in [0, 0.1) is 0 Å². The van der Waals surface area contributed by atoms with Crippen molar-refractivity contribution in [3.05, 3.63) is 35.4 Å². The molecule has 2 rings (SSSR count). The molecule has 0 bridgehead atoms. The lowest BCUT2D eigenvalue weighted by molar-refractivity contribution is -0.154. The van der Waals surface area contributed by atoms with Gasteiger partial charge >= 0.3 is 18.0 Å². The van der Waals surface area contributed by atoms with Crippen LogP contribution in [-0.2, 0) is 20.7 Å². The zero-order valence-corrected chi connectivity index (χ0v) is 13.0. The van der Waals surface area contributed by atoms with Crippen LogP contribution in [0.2, 0.25) is 0 Å². The maximum atomic E-state index is 12.0. The maximum absolute atomic E-state index is 12.0. The number of rotatable bonds is 6. The van der Waals surface area contributed by atoms with Crippen molar-refractivity contribution >= 4 is 18.0 Å². The van der Waals surface area contributed by atoms with Crippen LogP contribution in [0.1, 0.15) is 29.3 Å². The van der Waals surface area contributed by atoms with Crippen molar-refractivity contribution in [3.63, 3.8) is 0 Å². The highest BCUT2D eigenvalue weighted by molar-refractivity contribution is 5.94. The highest BCUT2D eigenvalue weighted by atomic mass is 16.6. The monoisotopic (exact) mass is 320 g/mol. The number of esters is 2. The van der Waals surface area contributed by atoms with Crippen molar-refractivity contribution in [1.82, 2.24) is 10.6 Å². The van der Waals surface area contributed by atoms with E-state index in [2.05, 4.69) is 10.6 Å². The molecular formula is C16H20N2O5. The van der Waals surface area contributed by atoms with Crippen LogP contribution >= 0.6 is 0 Å². The standard InChI is InChI=1S/C16H20N2O5/c1-2-17-16(21)18-8-5-9-22-15(20)13-10-11-6-3-4-7-12(11)14(19)23-13/h3-4,6-7,13H,2,5,8-10H2,1H3,(H2,17,18,21). The van der Waals surface area contributed by atoms with E-state index in [4.69, 9.17) is 9.47 Å². The van der Waals surface area contributed by atoms with E-state index in [-0.39, 0.29) is 12.6 Å². The summed E-state index contributed by atoms with van der Waals surface area (Å²) in [6.07, 6.45) is -0.105. The number of hydrogen-bond donors (Lipinski definition) is 2. The fourth-order valence-corrected chi connectivity index (χ4v) is 2.23. The lowest BCUT2D eigenvalue weighted by atomic mass is 9.99. The molecule has 0 saturated carbocycles. The molecule has 0 aliphatic carbocycles. The normalized spacial score (nSPS) is 16.0. The van der Waals surface area contributed by atoms with E-state index in [0.717, 1.165) is 5.56 Å². The SMILES string of the molecule is CCNC(=O)NCCCOC(=O)C1Cc2ccccc2C(=O)O1. The van der Waals surface area contributed by atoms with Gasteiger partial charge in [-0.2, -0.15) is 0 Å². The molecule has 0 saturated heterocycles. The topological polar surface area (TPSA) is 93.7 Å². The van der Waals surface area contributed by atoms with Crippen LogP contribution in [0.4, 0.5) is 4.79 Å². The molecule has 1 atom stereocenters. The van der Waals surface area contributed by atoms with Crippen molar-refractivity contribution in [2.75, 3.05) is 19.7 Å². The Morgan fingerprint density at radius 1 is 1.30 bits per heavy atom. The molecule has 0 spiro atoms. The Balaban J connectivity index is 1.73. The Bertz CT molecular complexity index is 588. The molecule has 0 aromatic heterocycles. The van der Waals surface area contributed by atoms with Gasteiger partial charge < -0.3 is 20.1 Å². The Morgan fingerprint density at radius 2 is 2.09 bits per heavy atom.